The highest BCUT2D eigenvalue weighted by Crippen LogP contribution is 2.21. The van der Waals surface area contributed by atoms with E-state index >= 15 is 0 Å². The second kappa shape index (κ2) is 5.48. The molecule has 1 amide bonds. The standard InChI is InChI=1S/C14H20N4O2/c1-10-12(16-9-20-10)13(19)17-11(14(2,3)4)7-18-6-5-15-8-18/h5-6,8-9,11H,7H2,1-4H3,(H,17,19)/t11-/m1/s1. The second-order valence-corrected chi connectivity index (χ2v) is 5.91. The summed E-state index contributed by atoms with van der Waals surface area (Å²) in [6.07, 6.45) is 6.63. The molecule has 6 heteroatoms. The summed E-state index contributed by atoms with van der Waals surface area (Å²) in [5.41, 5.74) is 0.252. The van der Waals surface area contributed by atoms with Crippen molar-refractivity contribution in [1.82, 2.24) is 19.9 Å². The third-order valence-electron chi connectivity index (χ3n) is 3.26. The molecule has 2 rings (SSSR count). The first-order chi connectivity index (χ1) is 9.38. The van der Waals surface area contributed by atoms with Crippen molar-refractivity contribution in [2.45, 2.75) is 40.3 Å². The smallest absolute Gasteiger partial charge is 0.273 e. The van der Waals surface area contributed by atoms with E-state index in [1.165, 1.54) is 6.39 Å². The highest BCUT2D eigenvalue weighted by atomic mass is 16.3. The molecule has 0 aromatic carbocycles. The molecular formula is C14H20N4O2. The molecule has 0 aliphatic carbocycles. The summed E-state index contributed by atoms with van der Waals surface area (Å²) in [4.78, 5) is 20.2. The molecular weight excluding hydrogens is 256 g/mol. The van der Waals surface area contributed by atoms with E-state index in [1.807, 2.05) is 10.8 Å². The molecule has 0 aliphatic heterocycles. The van der Waals surface area contributed by atoms with Gasteiger partial charge in [-0.3, -0.25) is 4.79 Å². The minimum atomic E-state index is -0.212. The van der Waals surface area contributed by atoms with Crippen LogP contribution in [0.4, 0.5) is 0 Å². The Morgan fingerprint density at radius 3 is 2.75 bits per heavy atom. The van der Waals surface area contributed by atoms with Crippen molar-refractivity contribution in [2.24, 2.45) is 5.41 Å². The maximum Gasteiger partial charge on any atom is 0.273 e. The third kappa shape index (κ3) is 3.26. The molecule has 2 aromatic heterocycles. The van der Waals surface area contributed by atoms with Crippen LogP contribution in [0.3, 0.4) is 0 Å². The lowest BCUT2D eigenvalue weighted by Gasteiger charge is -2.31. The molecule has 0 unspecified atom stereocenters. The highest BCUT2D eigenvalue weighted by molar-refractivity contribution is 5.93. The summed E-state index contributed by atoms with van der Waals surface area (Å²) in [5, 5.41) is 3.03. The Morgan fingerprint density at radius 2 is 2.25 bits per heavy atom. The fourth-order valence-corrected chi connectivity index (χ4v) is 1.89. The van der Waals surface area contributed by atoms with E-state index in [0.29, 0.717) is 18.0 Å². The summed E-state index contributed by atoms with van der Waals surface area (Å²) in [7, 11) is 0. The van der Waals surface area contributed by atoms with Crippen molar-refractivity contribution in [1.29, 1.82) is 0 Å². The molecule has 6 nitrogen and oxygen atoms in total. The van der Waals surface area contributed by atoms with Crippen LogP contribution in [0.2, 0.25) is 0 Å². The Bertz CT molecular complexity index is 566. The van der Waals surface area contributed by atoms with Gasteiger partial charge in [0.1, 0.15) is 5.76 Å². The van der Waals surface area contributed by atoms with Gasteiger partial charge in [0.2, 0.25) is 0 Å². The van der Waals surface area contributed by atoms with Crippen LogP contribution in [-0.4, -0.2) is 26.5 Å². The summed E-state index contributed by atoms with van der Waals surface area (Å²) >= 11 is 0. The maximum atomic E-state index is 12.3. The lowest BCUT2D eigenvalue weighted by atomic mass is 9.86. The Hall–Kier alpha value is -2.11. The molecule has 2 aromatic rings. The molecule has 0 saturated heterocycles. The van der Waals surface area contributed by atoms with Gasteiger partial charge in [-0.25, -0.2) is 9.97 Å². The van der Waals surface area contributed by atoms with Gasteiger partial charge in [0.05, 0.1) is 12.4 Å². The minimum Gasteiger partial charge on any atom is -0.448 e. The number of imidazole rings is 1. The second-order valence-electron chi connectivity index (χ2n) is 5.91. The molecule has 2 heterocycles. The zero-order valence-electron chi connectivity index (χ0n) is 12.3. The molecule has 1 atom stereocenters. The van der Waals surface area contributed by atoms with Crippen LogP contribution < -0.4 is 5.32 Å². The number of hydrogen-bond acceptors (Lipinski definition) is 4. The molecule has 0 fully saturated rings. The van der Waals surface area contributed by atoms with E-state index in [2.05, 4.69) is 36.1 Å². The molecule has 0 saturated carbocycles. The number of nitrogens with zero attached hydrogens (tertiary/aromatic N) is 3. The van der Waals surface area contributed by atoms with Crippen LogP contribution in [0.25, 0.3) is 0 Å². The first-order valence-corrected chi connectivity index (χ1v) is 6.54. The predicted molar refractivity (Wildman–Crippen MR) is 74.2 cm³/mol. The van der Waals surface area contributed by atoms with Gasteiger partial charge in [0, 0.05) is 18.9 Å². The first-order valence-electron chi connectivity index (χ1n) is 6.54. The number of nitrogens with one attached hydrogen (secondary N) is 1. The van der Waals surface area contributed by atoms with Gasteiger partial charge in [-0.1, -0.05) is 20.8 Å². The Kier molecular flexibility index (Phi) is 3.92. The van der Waals surface area contributed by atoms with Gasteiger partial charge in [-0.2, -0.15) is 0 Å². The van der Waals surface area contributed by atoms with Crippen molar-refractivity contribution in [3.05, 3.63) is 36.6 Å². The Morgan fingerprint density at radius 1 is 1.50 bits per heavy atom. The summed E-state index contributed by atoms with van der Waals surface area (Å²) in [6, 6.07) is -0.0414. The van der Waals surface area contributed by atoms with Gasteiger partial charge in [0.15, 0.2) is 12.1 Å². The van der Waals surface area contributed by atoms with Gasteiger partial charge in [0.25, 0.3) is 5.91 Å². The number of amides is 1. The van der Waals surface area contributed by atoms with Crippen molar-refractivity contribution < 1.29 is 9.21 Å². The number of aromatic nitrogens is 3. The minimum absolute atomic E-state index is 0.0414. The van der Waals surface area contributed by atoms with E-state index in [4.69, 9.17) is 4.42 Å². The average molecular weight is 276 g/mol. The van der Waals surface area contributed by atoms with Crippen molar-refractivity contribution in [3.8, 4) is 0 Å². The normalized spacial score (nSPS) is 13.2. The van der Waals surface area contributed by atoms with E-state index in [1.54, 1.807) is 19.4 Å². The number of oxazole rings is 1. The Balaban J connectivity index is 2.12. The topological polar surface area (TPSA) is 73.0 Å². The van der Waals surface area contributed by atoms with Crippen LogP contribution in [0, 0.1) is 12.3 Å². The molecule has 0 aliphatic rings. The highest BCUT2D eigenvalue weighted by Gasteiger charge is 2.28. The number of carbonyl (C=O) groups excluding carboxylic acids is 1. The monoisotopic (exact) mass is 276 g/mol. The number of carbonyl (C=O) groups is 1. The molecule has 0 radical (unpaired) electrons. The molecule has 0 bridgehead atoms. The van der Waals surface area contributed by atoms with Crippen LogP contribution in [-0.2, 0) is 6.54 Å². The number of aryl methyl sites for hydroxylation is 1. The average Bonchev–Trinajstić information content (AvgIpc) is 2.98. The molecule has 1 N–H and O–H groups in total. The summed E-state index contributed by atoms with van der Waals surface area (Å²) < 4.78 is 7.02. The molecule has 0 spiro atoms. The maximum absolute atomic E-state index is 12.3. The van der Waals surface area contributed by atoms with Crippen LogP contribution >= 0.6 is 0 Å². The van der Waals surface area contributed by atoms with Gasteiger partial charge in [-0.05, 0) is 12.3 Å². The molecule has 20 heavy (non-hydrogen) atoms. The predicted octanol–water partition coefficient (Wildman–Crippen LogP) is 2.02. The van der Waals surface area contributed by atoms with E-state index in [-0.39, 0.29) is 17.4 Å². The van der Waals surface area contributed by atoms with Crippen molar-refractivity contribution >= 4 is 5.91 Å². The lowest BCUT2D eigenvalue weighted by molar-refractivity contribution is 0.0886. The Labute approximate surface area is 118 Å². The largest absolute Gasteiger partial charge is 0.448 e. The summed E-state index contributed by atoms with van der Waals surface area (Å²) in [5.74, 6) is 0.314. The van der Waals surface area contributed by atoms with E-state index in [0.717, 1.165) is 0 Å². The van der Waals surface area contributed by atoms with Crippen LogP contribution in [0.15, 0.2) is 29.5 Å². The fourth-order valence-electron chi connectivity index (χ4n) is 1.89. The first kappa shape index (κ1) is 14.3. The number of hydrogen-bond donors (Lipinski definition) is 1. The quantitative estimate of drug-likeness (QED) is 0.927. The van der Waals surface area contributed by atoms with Gasteiger partial charge < -0.3 is 14.3 Å². The van der Waals surface area contributed by atoms with Crippen LogP contribution in [0.5, 0.6) is 0 Å². The van der Waals surface area contributed by atoms with Crippen molar-refractivity contribution in [3.63, 3.8) is 0 Å². The fraction of sp³-hybridized carbons (Fsp3) is 0.500. The zero-order chi connectivity index (χ0) is 14.8. The van der Waals surface area contributed by atoms with E-state index in [9.17, 15) is 4.79 Å². The molecule has 108 valence electrons. The zero-order valence-corrected chi connectivity index (χ0v) is 12.3. The van der Waals surface area contributed by atoms with Gasteiger partial charge in [-0.15, -0.1) is 0 Å². The van der Waals surface area contributed by atoms with Gasteiger partial charge >= 0.3 is 0 Å². The summed E-state index contributed by atoms with van der Waals surface area (Å²) in [6.45, 7) is 8.65. The van der Waals surface area contributed by atoms with Crippen molar-refractivity contribution in [2.75, 3.05) is 0 Å². The third-order valence-corrected chi connectivity index (χ3v) is 3.26. The van der Waals surface area contributed by atoms with Crippen LogP contribution in [0.1, 0.15) is 37.0 Å². The van der Waals surface area contributed by atoms with E-state index < -0.39 is 0 Å². The lowest BCUT2D eigenvalue weighted by Crippen LogP contribution is -2.46. The SMILES string of the molecule is Cc1ocnc1C(=O)N[C@H](Cn1ccnc1)C(C)(C)C. The number of rotatable bonds is 4.